The third-order valence-electron chi connectivity index (χ3n) is 5.33. The van der Waals surface area contributed by atoms with Crippen LogP contribution in [0.15, 0.2) is 65.1 Å². The zero-order chi connectivity index (χ0) is 21.3. The van der Waals surface area contributed by atoms with Gasteiger partial charge in [0.25, 0.3) is 5.91 Å². The van der Waals surface area contributed by atoms with Crippen LogP contribution >= 0.6 is 11.6 Å². The van der Waals surface area contributed by atoms with E-state index in [1.54, 1.807) is 12.1 Å². The quantitative estimate of drug-likeness (QED) is 0.372. The number of hydrogen-bond donors (Lipinski definition) is 1. The van der Waals surface area contributed by atoms with Crippen molar-refractivity contribution in [3.8, 4) is 11.5 Å². The van der Waals surface area contributed by atoms with E-state index in [0.29, 0.717) is 28.1 Å². The molecule has 1 N–H and O–H groups in total. The molecule has 3 aromatic carbocycles. The molecule has 0 saturated heterocycles. The maximum atomic E-state index is 12.6. The molecule has 1 atom stereocenters. The van der Waals surface area contributed by atoms with Crippen LogP contribution in [0.1, 0.15) is 47.7 Å². The predicted molar refractivity (Wildman–Crippen MR) is 122 cm³/mol. The van der Waals surface area contributed by atoms with Crippen LogP contribution in [0.5, 0.6) is 0 Å². The van der Waals surface area contributed by atoms with Crippen LogP contribution in [0.4, 0.5) is 5.69 Å². The molecule has 0 spiro atoms. The second-order valence-corrected chi connectivity index (χ2v) is 7.98. The first-order chi connectivity index (χ1) is 14.4. The molecule has 0 aliphatic heterocycles. The third-order valence-corrected chi connectivity index (χ3v) is 5.64. The fraction of sp³-hybridized carbons (Fsp3) is 0.200. The summed E-state index contributed by atoms with van der Waals surface area (Å²) >= 11 is 6.22. The van der Waals surface area contributed by atoms with Crippen LogP contribution in [-0.4, -0.2) is 10.9 Å². The van der Waals surface area contributed by atoms with E-state index in [-0.39, 0.29) is 5.91 Å². The molecular weight excluding hydrogens is 396 g/mol. The molecule has 1 amide bonds. The molecule has 1 aromatic heterocycles. The second kappa shape index (κ2) is 8.33. The number of benzene rings is 3. The standard InChI is InChI=1S/C25H23ClN2O2/c1-4-16(3)17-9-11-23-22(14-17)28-25(30-23)18-6-5-7-19(13-18)27-24(29)20-10-8-15(2)12-21(20)26/h5-14,16H,4H2,1-3H3,(H,27,29). The number of amides is 1. The Hall–Kier alpha value is -3.11. The zero-order valence-electron chi connectivity index (χ0n) is 17.2. The molecule has 0 aliphatic carbocycles. The summed E-state index contributed by atoms with van der Waals surface area (Å²) in [6.07, 6.45) is 1.07. The number of carbonyl (C=O) groups excluding carboxylic acids is 1. The lowest BCUT2D eigenvalue weighted by molar-refractivity contribution is 0.102. The fourth-order valence-corrected chi connectivity index (χ4v) is 3.66. The van der Waals surface area contributed by atoms with Crippen LogP contribution in [-0.2, 0) is 0 Å². The average Bonchev–Trinajstić information content (AvgIpc) is 3.16. The normalized spacial score (nSPS) is 12.1. The maximum Gasteiger partial charge on any atom is 0.257 e. The lowest BCUT2D eigenvalue weighted by atomic mass is 9.98. The number of hydrogen-bond acceptors (Lipinski definition) is 3. The Morgan fingerprint density at radius 1 is 1.13 bits per heavy atom. The maximum absolute atomic E-state index is 12.6. The lowest BCUT2D eigenvalue weighted by Gasteiger charge is -2.08. The van der Waals surface area contributed by atoms with Crippen molar-refractivity contribution in [1.29, 1.82) is 0 Å². The number of halogens is 1. The first kappa shape index (κ1) is 20.2. The predicted octanol–water partition coefficient (Wildman–Crippen LogP) is 7.22. The van der Waals surface area contributed by atoms with Gasteiger partial charge in [-0.2, -0.15) is 0 Å². The van der Waals surface area contributed by atoms with Gasteiger partial charge in [-0.25, -0.2) is 4.98 Å². The van der Waals surface area contributed by atoms with Crippen molar-refractivity contribution in [1.82, 2.24) is 4.98 Å². The minimum Gasteiger partial charge on any atom is -0.436 e. The van der Waals surface area contributed by atoms with Crippen molar-refractivity contribution in [3.63, 3.8) is 0 Å². The van der Waals surface area contributed by atoms with Crippen molar-refractivity contribution in [2.45, 2.75) is 33.1 Å². The number of nitrogens with one attached hydrogen (secondary N) is 1. The van der Waals surface area contributed by atoms with Crippen molar-refractivity contribution in [3.05, 3.63) is 82.4 Å². The molecular formula is C25H23ClN2O2. The van der Waals surface area contributed by atoms with E-state index in [1.807, 2.05) is 43.3 Å². The molecule has 0 fully saturated rings. The summed E-state index contributed by atoms with van der Waals surface area (Å²) in [6.45, 7) is 6.31. The molecule has 30 heavy (non-hydrogen) atoms. The van der Waals surface area contributed by atoms with E-state index >= 15 is 0 Å². The number of nitrogens with zero attached hydrogens (tertiary/aromatic N) is 1. The van der Waals surface area contributed by atoms with Gasteiger partial charge in [0.15, 0.2) is 5.58 Å². The smallest absolute Gasteiger partial charge is 0.257 e. The van der Waals surface area contributed by atoms with Crippen LogP contribution in [0, 0.1) is 6.92 Å². The Balaban J connectivity index is 1.60. The van der Waals surface area contributed by atoms with Crippen molar-refractivity contribution < 1.29 is 9.21 Å². The summed E-state index contributed by atoms with van der Waals surface area (Å²) in [5, 5.41) is 3.33. The molecule has 0 aliphatic rings. The van der Waals surface area contributed by atoms with Crippen molar-refractivity contribution >= 4 is 34.3 Å². The Bertz CT molecular complexity index is 1230. The van der Waals surface area contributed by atoms with Crippen LogP contribution in [0.3, 0.4) is 0 Å². The van der Waals surface area contributed by atoms with Crippen molar-refractivity contribution in [2.75, 3.05) is 5.32 Å². The van der Waals surface area contributed by atoms with Crippen LogP contribution in [0.2, 0.25) is 5.02 Å². The molecule has 4 rings (SSSR count). The van der Waals surface area contributed by atoms with Gasteiger partial charge in [-0.05, 0) is 72.9 Å². The molecule has 4 nitrogen and oxygen atoms in total. The Morgan fingerprint density at radius 3 is 2.73 bits per heavy atom. The molecule has 0 saturated carbocycles. The number of oxazole rings is 1. The topological polar surface area (TPSA) is 55.1 Å². The highest BCUT2D eigenvalue weighted by atomic mass is 35.5. The van der Waals surface area contributed by atoms with E-state index in [9.17, 15) is 4.79 Å². The SMILES string of the molecule is CCC(C)c1ccc2oc(-c3cccc(NC(=O)c4ccc(C)cc4Cl)c3)nc2c1. The number of rotatable bonds is 5. The average molecular weight is 419 g/mol. The second-order valence-electron chi connectivity index (χ2n) is 7.57. The van der Waals surface area contributed by atoms with E-state index in [0.717, 1.165) is 28.6 Å². The van der Waals surface area contributed by atoms with Crippen molar-refractivity contribution in [2.24, 2.45) is 0 Å². The highest BCUT2D eigenvalue weighted by Gasteiger charge is 2.14. The first-order valence-corrected chi connectivity index (χ1v) is 10.4. The van der Waals surface area contributed by atoms with Gasteiger partial charge in [-0.15, -0.1) is 0 Å². The zero-order valence-corrected chi connectivity index (χ0v) is 18.0. The summed E-state index contributed by atoms with van der Waals surface area (Å²) in [7, 11) is 0. The van der Waals surface area contributed by atoms with Crippen LogP contribution in [0.25, 0.3) is 22.6 Å². The molecule has 5 heteroatoms. The fourth-order valence-electron chi connectivity index (χ4n) is 3.34. The molecule has 0 radical (unpaired) electrons. The summed E-state index contributed by atoms with van der Waals surface area (Å²) in [5.74, 6) is 0.741. The lowest BCUT2D eigenvalue weighted by Crippen LogP contribution is -2.12. The summed E-state index contributed by atoms with van der Waals surface area (Å²) in [5.41, 5.74) is 5.72. The summed E-state index contributed by atoms with van der Waals surface area (Å²) in [6, 6.07) is 19.0. The molecule has 1 heterocycles. The Labute approximate surface area is 180 Å². The van der Waals surface area contributed by atoms with E-state index in [1.165, 1.54) is 5.56 Å². The monoisotopic (exact) mass is 418 g/mol. The van der Waals surface area contributed by atoms with E-state index in [2.05, 4.69) is 36.3 Å². The minimum absolute atomic E-state index is 0.257. The van der Waals surface area contributed by atoms with Gasteiger partial charge < -0.3 is 9.73 Å². The summed E-state index contributed by atoms with van der Waals surface area (Å²) in [4.78, 5) is 17.3. The van der Waals surface area contributed by atoms with Crippen LogP contribution < -0.4 is 5.32 Å². The molecule has 1 unspecified atom stereocenters. The van der Waals surface area contributed by atoms with Gasteiger partial charge in [-0.3, -0.25) is 4.79 Å². The van der Waals surface area contributed by atoms with Gasteiger partial charge in [0, 0.05) is 11.3 Å². The highest BCUT2D eigenvalue weighted by Crippen LogP contribution is 2.29. The first-order valence-electron chi connectivity index (χ1n) is 10.0. The van der Waals surface area contributed by atoms with Gasteiger partial charge in [0.2, 0.25) is 5.89 Å². The summed E-state index contributed by atoms with van der Waals surface area (Å²) < 4.78 is 5.95. The van der Waals surface area contributed by atoms with E-state index in [4.69, 9.17) is 16.0 Å². The molecule has 152 valence electrons. The number of anilines is 1. The number of fused-ring (bicyclic) bond motifs is 1. The Morgan fingerprint density at radius 2 is 1.97 bits per heavy atom. The highest BCUT2D eigenvalue weighted by molar-refractivity contribution is 6.34. The number of carbonyl (C=O) groups is 1. The number of aryl methyl sites for hydroxylation is 1. The van der Waals surface area contributed by atoms with E-state index < -0.39 is 0 Å². The third kappa shape index (κ3) is 4.10. The van der Waals surface area contributed by atoms with Gasteiger partial charge in [0.05, 0.1) is 10.6 Å². The largest absolute Gasteiger partial charge is 0.436 e. The van der Waals surface area contributed by atoms with Gasteiger partial charge in [-0.1, -0.05) is 43.6 Å². The Kier molecular flexibility index (Phi) is 5.60. The van der Waals surface area contributed by atoms with Gasteiger partial charge in [0.1, 0.15) is 5.52 Å². The minimum atomic E-state index is -0.257. The number of aromatic nitrogens is 1. The molecule has 0 bridgehead atoms. The molecule has 4 aromatic rings. The van der Waals surface area contributed by atoms with Gasteiger partial charge >= 0.3 is 0 Å².